The van der Waals surface area contributed by atoms with Gasteiger partial charge in [-0.2, -0.15) is 0 Å². The molecule has 2 aromatic heterocycles. The molecule has 0 aliphatic carbocycles. The number of pyridine rings is 2. The fourth-order valence-corrected chi connectivity index (χ4v) is 5.07. The van der Waals surface area contributed by atoms with E-state index in [1.807, 2.05) is 24.5 Å². The van der Waals surface area contributed by atoms with Crippen LogP contribution in [-0.4, -0.2) is 9.97 Å². The van der Waals surface area contributed by atoms with Gasteiger partial charge < -0.3 is 0 Å². The third kappa shape index (κ3) is 3.61. The Labute approximate surface area is 208 Å². The maximum atomic E-state index is 14.4. The van der Waals surface area contributed by atoms with E-state index in [9.17, 15) is 8.78 Å². The van der Waals surface area contributed by atoms with Crippen molar-refractivity contribution >= 4 is 32.4 Å². The summed E-state index contributed by atoms with van der Waals surface area (Å²) in [7, 11) is 0. The largest absolute Gasteiger partial charge is 0.256 e. The quantitative estimate of drug-likeness (QED) is 0.234. The summed E-state index contributed by atoms with van der Waals surface area (Å²) in [5.41, 5.74) is 4.22. The van der Waals surface area contributed by atoms with E-state index in [1.54, 1.807) is 12.1 Å². The van der Waals surface area contributed by atoms with Crippen molar-refractivity contribution in [3.8, 4) is 22.4 Å². The molecular formula is C32H24F2N2. The van der Waals surface area contributed by atoms with E-state index in [0.29, 0.717) is 11.1 Å². The number of fused-ring (bicyclic) bond motifs is 4. The van der Waals surface area contributed by atoms with Crippen LogP contribution < -0.4 is 0 Å². The van der Waals surface area contributed by atoms with Gasteiger partial charge in [-0.15, -0.1) is 0 Å². The molecule has 176 valence electrons. The molecule has 0 saturated heterocycles. The highest BCUT2D eigenvalue weighted by Crippen LogP contribution is 2.38. The van der Waals surface area contributed by atoms with Crippen LogP contribution in [0.25, 0.3) is 54.8 Å². The second-order valence-corrected chi connectivity index (χ2v) is 10.2. The van der Waals surface area contributed by atoms with Crippen molar-refractivity contribution in [2.75, 3.05) is 0 Å². The molecule has 6 aromatic rings. The summed E-state index contributed by atoms with van der Waals surface area (Å²) < 4.78 is 28.8. The van der Waals surface area contributed by atoms with Gasteiger partial charge in [0.1, 0.15) is 11.6 Å². The van der Waals surface area contributed by atoms with Crippen LogP contribution in [0.3, 0.4) is 0 Å². The van der Waals surface area contributed by atoms with E-state index >= 15 is 0 Å². The fraction of sp³-hybridized carbons (Fsp3) is 0.125. The molecule has 4 aromatic carbocycles. The minimum Gasteiger partial charge on any atom is -0.256 e. The first-order chi connectivity index (χ1) is 17.3. The van der Waals surface area contributed by atoms with Gasteiger partial charge in [-0.1, -0.05) is 63.2 Å². The highest BCUT2D eigenvalue weighted by atomic mass is 19.1. The summed E-state index contributed by atoms with van der Waals surface area (Å²) in [4.78, 5) is 9.45. The van der Waals surface area contributed by atoms with Gasteiger partial charge in [-0.05, 0) is 69.1 Å². The van der Waals surface area contributed by atoms with Crippen molar-refractivity contribution in [3.63, 3.8) is 0 Å². The molecule has 0 amide bonds. The molecular weight excluding hydrogens is 450 g/mol. The van der Waals surface area contributed by atoms with Crippen molar-refractivity contribution in [2.24, 2.45) is 0 Å². The fourth-order valence-electron chi connectivity index (χ4n) is 5.07. The third-order valence-electron chi connectivity index (χ3n) is 6.81. The summed E-state index contributed by atoms with van der Waals surface area (Å²) in [5.74, 6) is -1.18. The topological polar surface area (TPSA) is 25.8 Å². The molecule has 6 rings (SSSR count). The summed E-state index contributed by atoms with van der Waals surface area (Å²) >= 11 is 0. The normalized spacial score (nSPS) is 12.0. The maximum Gasteiger partial charge on any atom is 0.133 e. The van der Waals surface area contributed by atoms with Crippen LogP contribution in [0.2, 0.25) is 0 Å². The minimum absolute atomic E-state index is 0.0382. The molecule has 0 bridgehead atoms. The van der Waals surface area contributed by atoms with Crippen LogP contribution >= 0.6 is 0 Å². The van der Waals surface area contributed by atoms with Gasteiger partial charge in [0, 0.05) is 28.7 Å². The standard InChI is InChI=1S/C32H24F2N2/c1-32(2,3)26-16-21(15-19-7-4-5-8-22(19)26)31-25-18-36-29-17-20(30-27(33)9-6-10-28(30)34)11-12-24(29)23(25)13-14-35-31/h4-18H,1-3H3. The number of hydrogen-bond acceptors (Lipinski definition) is 2. The summed E-state index contributed by atoms with van der Waals surface area (Å²) in [6, 6.07) is 24.1. The highest BCUT2D eigenvalue weighted by Gasteiger charge is 2.20. The number of nitrogens with zero attached hydrogens (tertiary/aromatic N) is 2. The van der Waals surface area contributed by atoms with Crippen molar-refractivity contribution < 1.29 is 8.78 Å². The predicted octanol–water partition coefficient (Wildman–Crippen LogP) is 8.85. The van der Waals surface area contributed by atoms with Crippen molar-refractivity contribution in [1.29, 1.82) is 0 Å². The lowest BCUT2D eigenvalue weighted by molar-refractivity contribution is 0.589. The molecule has 0 atom stereocenters. The second kappa shape index (κ2) is 8.20. The van der Waals surface area contributed by atoms with E-state index in [2.05, 4.69) is 62.2 Å². The molecule has 0 radical (unpaired) electrons. The van der Waals surface area contributed by atoms with Crippen LogP contribution in [0, 0.1) is 11.6 Å². The Balaban J connectivity index is 1.57. The smallest absolute Gasteiger partial charge is 0.133 e. The van der Waals surface area contributed by atoms with Crippen LogP contribution in [0.1, 0.15) is 26.3 Å². The lowest BCUT2D eigenvalue weighted by atomic mass is 9.82. The van der Waals surface area contributed by atoms with E-state index in [4.69, 9.17) is 4.98 Å². The molecule has 0 unspecified atom stereocenters. The van der Waals surface area contributed by atoms with E-state index < -0.39 is 11.6 Å². The van der Waals surface area contributed by atoms with Crippen LogP contribution in [0.4, 0.5) is 8.78 Å². The molecule has 2 nitrogen and oxygen atoms in total. The Morgan fingerprint density at radius 1 is 0.639 bits per heavy atom. The Morgan fingerprint density at radius 3 is 2.19 bits per heavy atom. The average molecular weight is 475 g/mol. The van der Waals surface area contributed by atoms with Crippen molar-refractivity contribution in [2.45, 2.75) is 26.2 Å². The molecule has 0 fully saturated rings. The van der Waals surface area contributed by atoms with Gasteiger partial charge in [0.15, 0.2) is 0 Å². The lowest BCUT2D eigenvalue weighted by Gasteiger charge is -2.23. The van der Waals surface area contributed by atoms with E-state index in [-0.39, 0.29) is 11.0 Å². The highest BCUT2D eigenvalue weighted by molar-refractivity contribution is 6.10. The first-order valence-corrected chi connectivity index (χ1v) is 12.0. The molecule has 4 heteroatoms. The minimum atomic E-state index is -0.590. The zero-order valence-corrected chi connectivity index (χ0v) is 20.3. The Bertz CT molecular complexity index is 1780. The van der Waals surface area contributed by atoms with Crippen molar-refractivity contribution in [1.82, 2.24) is 9.97 Å². The first kappa shape index (κ1) is 22.3. The van der Waals surface area contributed by atoms with Gasteiger partial charge >= 0.3 is 0 Å². The van der Waals surface area contributed by atoms with Crippen LogP contribution in [-0.2, 0) is 5.41 Å². The van der Waals surface area contributed by atoms with Crippen LogP contribution in [0.15, 0.2) is 91.3 Å². The molecule has 0 aliphatic rings. The molecule has 0 N–H and O–H groups in total. The Kier molecular flexibility index (Phi) is 5.08. The Hall–Kier alpha value is -4.18. The molecule has 36 heavy (non-hydrogen) atoms. The van der Waals surface area contributed by atoms with Gasteiger partial charge in [0.25, 0.3) is 0 Å². The van der Waals surface area contributed by atoms with Gasteiger partial charge in [-0.25, -0.2) is 8.78 Å². The molecule has 0 aliphatic heterocycles. The van der Waals surface area contributed by atoms with Gasteiger partial charge in [0.05, 0.1) is 16.8 Å². The summed E-state index contributed by atoms with van der Waals surface area (Å²) in [5, 5.41) is 5.25. The first-order valence-electron chi connectivity index (χ1n) is 12.0. The number of benzene rings is 4. The molecule has 0 saturated carbocycles. The Morgan fingerprint density at radius 2 is 1.42 bits per heavy atom. The number of halogens is 2. The number of hydrogen-bond donors (Lipinski definition) is 0. The lowest BCUT2D eigenvalue weighted by Crippen LogP contribution is -2.12. The maximum absolute atomic E-state index is 14.4. The second-order valence-electron chi connectivity index (χ2n) is 10.2. The van der Waals surface area contributed by atoms with Crippen LogP contribution in [0.5, 0.6) is 0 Å². The molecule has 2 heterocycles. The van der Waals surface area contributed by atoms with E-state index in [0.717, 1.165) is 27.4 Å². The number of aromatic nitrogens is 2. The predicted molar refractivity (Wildman–Crippen MR) is 144 cm³/mol. The van der Waals surface area contributed by atoms with Gasteiger partial charge in [-0.3, -0.25) is 9.97 Å². The van der Waals surface area contributed by atoms with Crippen molar-refractivity contribution in [3.05, 3.63) is 108 Å². The third-order valence-corrected chi connectivity index (χ3v) is 6.81. The van der Waals surface area contributed by atoms with E-state index in [1.165, 1.54) is 34.5 Å². The monoisotopic (exact) mass is 474 g/mol. The average Bonchev–Trinajstić information content (AvgIpc) is 2.86. The number of rotatable bonds is 2. The molecule has 0 spiro atoms. The summed E-state index contributed by atoms with van der Waals surface area (Å²) in [6.07, 6.45) is 3.63. The summed E-state index contributed by atoms with van der Waals surface area (Å²) in [6.45, 7) is 6.67. The zero-order chi connectivity index (χ0) is 25.0. The van der Waals surface area contributed by atoms with Gasteiger partial charge in [0.2, 0.25) is 0 Å². The zero-order valence-electron chi connectivity index (χ0n) is 20.3. The SMILES string of the molecule is CC(C)(C)c1cc(-c2nccc3c2cnc2cc(-c4c(F)cccc4F)ccc23)cc2ccccc12.